The van der Waals surface area contributed by atoms with Crippen molar-refractivity contribution < 1.29 is 13.2 Å². The van der Waals surface area contributed by atoms with Crippen LogP contribution in [0.4, 0.5) is 19.0 Å². The highest BCUT2D eigenvalue weighted by Gasteiger charge is 2.65. The molecular formula is C14H18F3N3S. The Labute approximate surface area is 127 Å². The number of anilines is 1. The molecule has 0 radical (unpaired) electrons. The van der Waals surface area contributed by atoms with Crippen molar-refractivity contribution in [3.63, 3.8) is 0 Å². The molecule has 1 aromatic heterocycles. The van der Waals surface area contributed by atoms with Gasteiger partial charge in [-0.15, -0.1) is 0 Å². The number of rotatable bonds is 3. The van der Waals surface area contributed by atoms with E-state index in [2.05, 4.69) is 38.0 Å². The van der Waals surface area contributed by atoms with Crippen LogP contribution >= 0.6 is 12.2 Å². The minimum atomic E-state index is -4.50. The van der Waals surface area contributed by atoms with Gasteiger partial charge in [0.15, 0.2) is 0 Å². The zero-order valence-corrected chi connectivity index (χ0v) is 13.1. The summed E-state index contributed by atoms with van der Waals surface area (Å²) < 4.78 is 38.4. The average molecular weight is 317 g/mol. The average Bonchev–Trinajstić information content (AvgIpc) is 2.70. The maximum absolute atomic E-state index is 12.8. The lowest BCUT2D eigenvalue weighted by molar-refractivity contribution is -0.141. The molecule has 0 aliphatic heterocycles. The fourth-order valence-electron chi connectivity index (χ4n) is 2.62. The van der Waals surface area contributed by atoms with Gasteiger partial charge in [-0.1, -0.05) is 39.9 Å². The molecule has 0 bridgehead atoms. The van der Waals surface area contributed by atoms with Crippen LogP contribution in [0.3, 0.4) is 0 Å². The Hall–Kier alpha value is -1.37. The van der Waals surface area contributed by atoms with Crippen LogP contribution in [0.15, 0.2) is 12.1 Å². The van der Waals surface area contributed by atoms with Gasteiger partial charge in [0.05, 0.1) is 5.56 Å². The molecule has 2 rings (SSSR count). The van der Waals surface area contributed by atoms with Crippen molar-refractivity contribution in [2.24, 2.45) is 16.6 Å². The van der Waals surface area contributed by atoms with E-state index in [1.807, 2.05) is 0 Å². The van der Waals surface area contributed by atoms with Crippen LogP contribution < -0.4 is 11.1 Å². The van der Waals surface area contributed by atoms with E-state index in [9.17, 15) is 13.2 Å². The van der Waals surface area contributed by atoms with Gasteiger partial charge < -0.3 is 11.1 Å². The monoisotopic (exact) mass is 317 g/mol. The van der Waals surface area contributed by atoms with Gasteiger partial charge in [0.2, 0.25) is 0 Å². The molecule has 21 heavy (non-hydrogen) atoms. The van der Waals surface area contributed by atoms with E-state index in [4.69, 9.17) is 18.0 Å². The highest BCUT2D eigenvalue weighted by Crippen LogP contribution is 2.63. The summed E-state index contributed by atoms with van der Waals surface area (Å²) in [5.74, 6) is 0.0981. The van der Waals surface area contributed by atoms with Crippen LogP contribution in [0.5, 0.6) is 0 Å². The highest BCUT2D eigenvalue weighted by molar-refractivity contribution is 7.80. The highest BCUT2D eigenvalue weighted by atomic mass is 32.1. The third kappa shape index (κ3) is 2.59. The Morgan fingerprint density at radius 3 is 2.14 bits per heavy atom. The minimum absolute atomic E-state index is 0.00841. The quantitative estimate of drug-likeness (QED) is 0.837. The predicted octanol–water partition coefficient (Wildman–Crippen LogP) is 3.58. The number of halogens is 3. The lowest BCUT2D eigenvalue weighted by Crippen LogP contribution is -2.20. The summed E-state index contributed by atoms with van der Waals surface area (Å²) in [6.07, 6.45) is -4.50. The lowest BCUT2D eigenvalue weighted by atomic mass is 10.0. The van der Waals surface area contributed by atoms with Gasteiger partial charge in [0.25, 0.3) is 0 Å². The Kier molecular flexibility index (Phi) is 3.48. The molecule has 0 saturated heterocycles. The lowest BCUT2D eigenvalue weighted by Gasteiger charge is -2.14. The van der Waals surface area contributed by atoms with E-state index in [0.717, 1.165) is 6.07 Å². The summed E-state index contributed by atoms with van der Waals surface area (Å²) in [5, 5.41) is 3.08. The van der Waals surface area contributed by atoms with Gasteiger partial charge in [-0.05, 0) is 23.0 Å². The van der Waals surface area contributed by atoms with E-state index in [0.29, 0.717) is 5.56 Å². The van der Waals surface area contributed by atoms with E-state index in [-0.39, 0.29) is 27.7 Å². The van der Waals surface area contributed by atoms with E-state index >= 15 is 0 Å². The van der Waals surface area contributed by atoms with Crippen molar-refractivity contribution in [1.82, 2.24) is 4.98 Å². The number of nitrogens with zero attached hydrogens (tertiary/aromatic N) is 1. The van der Waals surface area contributed by atoms with Gasteiger partial charge in [-0.25, -0.2) is 4.98 Å². The first-order valence-corrected chi connectivity index (χ1v) is 6.94. The molecule has 116 valence electrons. The third-order valence-electron chi connectivity index (χ3n) is 4.75. The van der Waals surface area contributed by atoms with Gasteiger partial charge >= 0.3 is 6.18 Å². The zero-order chi connectivity index (χ0) is 16.2. The molecule has 1 aromatic rings. The minimum Gasteiger partial charge on any atom is -0.389 e. The second kappa shape index (κ2) is 4.56. The number of hydrogen-bond acceptors (Lipinski definition) is 3. The van der Waals surface area contributed by atoms with Crippen molar-refractivity contribution in [3.05, 3.63) is 23.4 Å². The van der Waals surface area contributed by atoms with Gasteiger partial charge in [-0.3, -0.25) is 0 Å². The SMILES string of the molecule is CC1(C)C(Nc2nc(C(F)(F)F)ccc2C(N)=S)C1(C)C. The molecule has 3 N–H and O–H groups in total. The van der Waals surface area contributed by atoms with E-state index in [1.165, 1.54) is 6.07 Å². The zero-order valence-electron chi connectivity index (χ0n) is 12.3. The summed E-state index contributed by atoms with van der Waals surface area (Å²) in [4.78, 5) is 3.70. The van der Waals surface area contributed by atoms with Crippen molar-refractivity contribution in [2.45, 2.75) is 39.9 Å². The first kappa shape index (κ1) is 16.0. The van der Waals surface area contributed by atoms with Crippen LogP contribution in [-0.2, 0) is 6.18 Å². The molecule has 3 nitrogen and oxygen atoms in total. The van der Waals surface area contributed by atoms with Crippen molar-refractivity contribution in [3.8, 4) is 0 Å². The smallest absolute Gasteiger partial charge is 0.389 e. The first-order chi connectivity index (χ1) is 9.39. The molecule has 1 saturated carbocycles. The molecule has 1 aliphatic carbocycles. The van der Waals surface area contributed by atoms with Crippen molar-refractivity contribution in [1.29, 1.82) is 0 Å². The maximum atomic E-state index is 12.8. The normalized spacial score (nSPS) is 20.1. The third-order valence-corrected chi connectivity index (χ3v) is 4.97. The first-order valence-electron chi connectivity index (χ1n) is 6.53. The summed E-state index contributed by atoms with van der Waals surface area (Å²) in [6, 6.07) is 2.17. The molecule has 0 aromatic carbocycles. The number of alkyl halides is 3. The van der Waals surface area contributed by atoms with E-state index < -0.39 is 11.9 Å². The van der Waals surface area contributed by atoms with Crippen LogP contribution in [0.2, 0.25) is 0 Å². The van der Waals surface area contributed by atoms with Crippen LogP contribution in [0.25, 0.3) is 0 Å². The summed E-state index contributed by atoms with van der Waals surface area (Å²) >= 11 is 4.89. The van der Waals surface area contributed by atoms with Gasteiger partial charge in [0.1, 0.15) is 16.5 Å². The topological polar surface area (TPSA) is 50.9 Å². The Balaban J connectivity index is 2.40. The molecule has 1 aliphatic rings. The summed E-state index contributed by atoms with van der Waals surface area (Å²) in [7, 11) is 0. The van der Waals surface area contributed by atoms with Gasteiger partial charge in [0, 0.05) is 6.04 Å². The molecule has 0 atom stereocenters. The van der Waals surface area contributed by atoms with Crippen LogP contribution in [0, 0.1) is 10.8 Å². The van der Waals surface area contributed by atoms with E-state index in [1.54, 1.807) is 0 Å². The molecule has 0 unspecified atom stereocenters. The molecule has 7 heteroatoms. The Morgan fingerprint density at radius 1 is 1.24 bits per heavy atom. The second-order valence-electron chi connectivity index (χ2n) is 6.48. The Morgan fingerprint density at radius 2 is 1.76 bits per heavy atom. The predicted molar refractivity (Wildman–Crippen MR) is 80.1 cm³/mol. The van der Waals surface area contributed by atoms with Crippen LogP contribution in [-0.4, -0.2) is 16.0 Å². The fraction of sp³-hybridized carbons (Fsp3) is 0.571. The summed E-state index contributed by atoms with van der Waals surface area (Å²) in [5.41, 5.74) is 4.86. The number of hydrogen-bond donors (Lipinski definition) is 2. The molecule has 0 amide bonds. The fourth-order valence-corrected chi connectivity index (χ4v) is 2.78. The number of thiocarbonyl (C=S) groups is 1. The molecular weight excluding hydrogens is 299 g/mol. The Bertz CT molecular complexity index is 580. The number of pyridine rings is 1. The number of nitrogens with one attached hydrogen (secondary N) is 1. The van der Waals surface area contributed by atoms with Crippen LogP contribution in [0.1, 0.15) is 39.0 Å². The summed E-state index contributed by atoms with van der Waals surface area (Å²) in [6.45, 7) is 8.22. The molecule has 1 heterocycles. The van der Waals surface area contributed by atoms with Gasteiger partial charge in [-0.2, -0.15) is 13.2 Å². The number of nitrogens with two attached hydrogens (primary N) is 1. The molecule has 0 spiro atoms. The second-order valence-corrected chi connectivity index (χ2v) is 6.92. The standard InChI is InChI=1S/C14H18F3N3S/c1-12(2)11(13(12,3)4)20-10-7(9(18)21)5-6-8(19-10)14(15,16)17/h5-6,11H,1-4H3,(H2,18,21)(H,19,20). The van der Waals surface area contributed by atoms with Crippen molar-refractivity contribution in [2.75, 3.05) is 5.32 Å². The maximum Gasteiger partial charge on any atom is 0.433 e. The van der Waals surface area contributed by atoms with Crippen molar-refractivity contribution >= 4 is 23.0 Å². The largest absolute Gasteiger partial charge is 0.433 e. The molecule has 1 fully saturated rings. The number of aromatic nitrogens is 1.